The number of aryl methyl sites for hydroxylation is 1. The number of aliphatic carboxylic acids is 1. The summed E-state index contributed by atoms with van der Waals surface area (Å²) in [5.41, 5.74) is 7.98. The summed E-state index contributed by atoms with van der Waals surface area (Å²) in [5, 5.41) is 8.87. The van der Waals surface area contributed by atoms with Crippen LogP contribution in [-0.4, -0.2) is 18.2 Å². The second-order valence-electron chi connectivity index (χ2n) is 4.33. The number of carboxylic acid groups (broad SMARTS) is 1. The van der Waals surface area contributed by atoms with Crippen LogP contribution in [0.15, 0.2) is 18.2 Å². The van der Waals surface area contributed by atoms with Crippen molar-refractivity contribution < 1.29 is 14.6 Å². The highest BCUT2D eigenvalue weighted by atomic mass is 16.5. The summed E-state index contributed by atoms with van der Waals surface area (Å²) < 4.78 is 5.24. The van der Waals surface area contributed by atoms with E-state index in [4.69, 9.17) is 15.6 Å². The fourth-order valence-corrected chi connectivity index (χ4v) is 1.75. The lowest BCUT2D eigenvalue weighted by atomic mass is 9.95. The largest absolute Gasteiger partial charge is 0.496 e. The van der Waals surface area contributed by atoms with E-state index < -0.39 is 11.9 Å². The van der Waals surface area contributed by atoms with Gasteiger partial charge in [0.1, 0.15) is 5.75 Å². The van der Waals surface area contributed by atoms with E-state index >= 15 is 0 Å². The number of carboxylic acids is 1. The van der Waals surface area contributed by atoms with Crippen molar-refractivity contribution >= 4 is 5.97 Å². The molecular formula is C13H19NO3. The fourth-order valence-electron chi connectivity index (χ4n) is 1.75. The van der Waals surface area contributed by atoms with Crippen molar-refractivity contribution in [2.45, 2.75) is 26.3 Å². The first-order chi connectivity index (χ1) is 7.95. The lowest BCUT2D eigenvalue weighted by Gasteiger charge is -2.18. The number of benzene rings is 1. The molecule has 0 amide bonds. The Morgan fingerprint density at radius 2 is 2.18 bits per heavy atom. The zero-order valence-corrected chi connectivity index (χ0v) is 10.4. The maximum absolute atomic E-state index is 10.8. The Bertz CT molecular complexity index is 404. The standard InChI is InChI=1S/C13H19NO3/c1-8-4-5-12(17-3)10(6-8)11(14)7-9(2)13(15)16/h4-6,9,11H,7,14H2,1-3H3,(H,15,16). The Morgan fingerprint density at radius 3 is 2.71 bits per heavy atom. The summed E-state index contributed by atoms with van der Waals surface area (Å²) in [5.74, 6) is -0.581. The van der Waals surface area contributed by atoms with Crippen molar-refractivity contribution in [3.8, 4) is 5.75 Å². The van der Waals surface area contributed by atoms with Crippen LogP contribution in [0.25, 0.3) is 0 Å². The predicted molar refractivity (Wildman–Crippen MR) is 66.1 cm³/mol. The molecule has 0 saturated heterocycles. The van der Waals surface area contributed by atoms with Crippen molar-refractivity contribution in [2.24, 2.45) is 11.7 Å². The van der Waals surface area contributed by atoms with Crippen molar-refractivity contribution in [1.82, 2.24) is 0 Å². The van der Waals surface area contributed by atoms with E-state index in [-0.39, 0.29) is 6.04 Å². The van der Waals surface area contributed by atoms with Crippen LogP contribution in [0, 0.1) is 12.8 Å². The average Bonchev–Trinajstić information content (AvgIpc) is 2.28. The topological polar surface area (TPSA) is 72.5 Å². The summed E-state index contributed by atoms with van der Waals surface area (Å²) in [6.07, 6.45) is 0.398. The summed E-state index contributed by atoms with van der Waals surface area (Å²) in [6.45, 7) is 3.63. The second-order valence-corrected chi connectivity index (χ2v) is 4.33. The molecular weight excluding hydrogens is 218 g/mol. The van der Waals surface area contributed by atoms with E-state index in [1.165, 1.54) is 0 Å². The Morgan fingerprint density at radius 1 is 1.53 bits per heavy atom. The Labute approximate surface area is 101 Å². The molecule has 2 unspecified atom stereocenters. The molecule has 0 radical (unpaired) electrons. The molecule has 2 atom stereocenters. The lowest BCUT2D eigenvalue weighted by Crippen LogP contribution is -2.19. The lowest BCUT2D eigenvalue weighted by molar-refractivity contribution is -0.141. The van der Waals surface area contributed by atoms with E-state index in [0.29, 0.717) is 12.2 Å². The number of ether oxygens (including phenoxy) is 1. The average molecular weight is 237 g/mol. The van der Waals surface area contributed by atoms with Gasteiger partial charge in [0, 0.05) is 11.6 Å². The number of hydrogen-bond donors (Lipinski definition) is 2. The van der Waals surface area contributed by atoms with Gasteiger partial charge >= 0.3 is 5.97 Å². The minimum Gasteiger partial charge on any atom is -0.496 e. The molecule has 1 aromatic carbocycles. The van der Waals surface area contributed by atoms with Crippen LogP contribution >= 0.6 is 0 Å². The first kappa shape index (κ1) is 13.5. The molecule has 4 heteroatoms. The molecule has 4 nitrogen and oxygen atoms in total. The quantitative estimate of drug-likeness (QED) is 0.822. The first-order valence-electron chi connectivity index (χ1n) is 5.58. The highest BCUT2D eigenvalue weighted by Crippen LogP contribution is 2.28. The number of carbonyl (C=O) groups is 1. The molecule has 1 rings (SSSR count). The van der Waals surface area contributed by atoms with Gasteiger partial charge in [-0.05, 0) is 19.4 Å². The number of nitrogens with two attached hydrogens (primary N) is 1. The minimum atomic E-state index is -0.827. The van der Waals surface area contributed by atoms with Crippen molar-refractivity contribution in [3.63, 3.8) is 0 Å². The Kier molecular flexibility index (Phi) is 4.52. The van der Waals surface area contributed by atoms with Gasteiger partial charge in [0.05, 0.1) is 13.0 Å². The number of rotatable bonds is 5. The maximum atomic E-state index is 10.8. The van der Waals surface area contributed by atoms with Gasteiger partial charge in [0.25, 0.3) is 0 Å². The van der Waals surface area contributed by atoms with Gasteiger partial charge in [-0.2, -0.15) is 0 Å². The smallest absolute Gasteiger partial charge is 0.306 e. The van der Waals surface area contributed by atoms with Crippen LogP contribution in [-0.2, 0) is 4.79 Å². The molecule has 1 aromatic rings. The van der Waals surface area contributed by atoms with Crippen LogP contribution in [0.1, 0.15) is 30.5 Å². The normalized spacial score (nSPS) is 14.1. The minimum absolute atomic E-state index is 0.323. The SMILES string of the molecule is COc1ccc(C)cc1C(N)CC(C)C(=O)O. The molecule has 17 heavy (non-hydrogen) atoms. The van der Waals surface area contributed by atoms with Gasteiger partial charge in [-0.1, -0.05) is 24.6 Å². The molecule has 0 aromatic heterocycles. The van der Waals surface area contributed by atoms with Crippen molar-refractivity contribution in [1.29, 1.82) is 0 Å². The molecule has 0 aliphatic rings. The third-order valence-electron chi connectivity index (χ3n) is 2.81. The van der Waals surface area contributed by atoms with Crippen LogP contribution in [0.2, 0.25) is 0 Å². The first-order valence-corrected chi connectivity index (χ1v) is 5.58. The number of methoxy groups -OCH3 is 1. The zero-order valence-electron chi connectivity index (χ0n) is 10.4. The monoisotopic (exact) mass is 237 g/mol. The van der Waals surface area contributed by atoms with E-state index in [9.17, 15) is 4.79 Å². The van der Waals surface area contributed by atoms with Crippen LogP contribution in [0.4, 0.5) is 0 Å². The van der Waals surface area contributed by atoms with Gasteiger partial charge in [0.2, 0.25) is 0 Å². The van der Waals surface area contributed by atoms with Gasteiger partial charge in [-0.25, -0.2) is 0 Å². The molecule has 0 fully saturated rings. The maximum Gasteiger partial charge on any atom is 0.306 e. The molecule has 3 N–H and O–H groups in total. The summed E-state index contributed by atoms with van der Waals surface area (Å²) >= 11 is 0. The molecule has 0 heterocycles. The second kappa shape index (κ2) is 5.68. The highest BCUT2D eigenvalue weighted by Gasteiger charge is 2.19. The van der Waals surface area contributed by atoms with Crippen LogP contribution < -0.4 is 10.5 Å². The Balaban J connectivity index is 2.90. The molecule has 0 spiro atoms. The fraction of sp³-hybridized carbons (Fsp3) is 0.462. The molecule has 0 aliphatic carbocycles. The third-order valence-corrected chi connectivity index (χ3v) is 2.81. The van der Waals surface area contributed by atoms with Crippen molar-refractivity contribution in [3.05, 3.63) is 29.3 Å². The summed E-state index contributed by atoms with van der Waals surface area (Å²) in [4.78, 5) is 10.8. The molecule has 0 aliphatic heterocycles. The van der Waals surface area contributed by atoms with Gasteiger partial charge in [-0.3, -0.25) is 4.79 Å². The predicted octanol–water partition coefficient (Wildman–Crippen LogP) is 2.11. The highest BCUT2D eigenvalue weighted by molar-refractivity contribution is 5.69. The van der Waals surface area contributed by atoms with Gasteiger partial charge < -0.3 is 15.6 Å². The molecule has 94 valence electrons. The van der Waals surface area contributed by atoms with E-state index in [2.05, 4.69) is 0 Å². The van der Waals surface area contributed by atoms with E-state index in [0.717, 1.165) is 11.1 Å². The summed E-state index contributed by atoms with van der Waals surface area (Å²) in [7, 11) is 1.58. The van der Waals surface area contributed by atoms with Crippen molar-refractivity contribution in [2.75, 3.05) is 7.11 Å². The van der Waals surface area contributed by atoms with Crippen LogP contribution in [0.3, 0.4) is 0 Å². The van der Waals surface area contributed by atoms with Gasteiger partial charge in [-0.15, -0.1) is 0 Å². The zero-order chi connectivity index (χ0) is 13.0. The van der Waals surface area contributed by atoms with Crippen LogP contribution in [0.5, 0.6) is 5.75 Å². The summed E-state index contributed by atoms with van der Waals surface area (Å²) in [6, 6.07) is 5.42. The third kappa shape index (κ3) is 3.46. The van der Waals surface area contributed by atoms with Gasteiger partial charge in [0.15, 0.2) is 0 Å². The molecule has 0 saturated carbocycles. The number of hydrogen-bond acceptors (Lipinski definition) is 3. The molecule has 0 bridgehead atoms. The Hall–Kier alpha value is -1.55. The van der Waals surface area contributed by atoms with E-state index in [1.807, 2.05) is 25.1 Å². The van der Waals surface area contributed by atoms with E-state index in [1.54, 1.807) is 14.0 Å².